The molecule has 1 aliphatic heterocycles. The summed E-state index contributed by atoms with van der Waals surface area (Å²) in [4.78, 5) is 0. The molecule has 1 N–H and O–H groups in total. The van der Waals surface area contributed by atoms with Crippen molar-refractivity contribution in [2.75, 3.05) is 5.75 Å². The van der Waals surface area contributed by atoms with E-state index in [1.54, 1.807) is 0 Å². The van der Waals surface area contributed by atoms with E-state index in [2.05, 4.69) is 12.1 Å². The number of aliphatic hydroxyl groups excluding tert-OH is 1. The van der Waals surface area contributed by atoms with Gasteiger partial charge in [-0.25, -0.2) is 0 Å². The molecule has 0 radical (unpaired) electrons. The molecule has 1 aliphatic rings. The number of hydrogen-bond acceptors (Lipinski definition) is 2. The summed E-state index contributed by atoms with van der Waals surface area (Å²) >= 11 is 1.98. The predicted octanol–water partition coefficient (Wildman–Crippen LogP) is 1.97. The molecular formula is C10H12OS. The van der Waals surface area contributed by atoms with Gasteiger partial charge < -0.3 is 5.11 Å². The summed E-state index contributed by atoms with van der Waals surface area (Å²) < 4.78 is 0. The van der Waals surface area contributed by atoms with Gasteiger partial charge >= 0.3 is 0 Å². The maximum Gasteiger partial charge on any atom is 0.0681 e. The van der Waals surface area contributed by atoms with Crippen LogP contribution in [0.4, 0.5) is 0 Å². The lowest BCUT2D eigenvalue weighted by Crippen LogP contribution is -2.02. The summed E-state index contributed by atoms with van der Waals surface area (Å²) in [6.07, 6.45) is 1.19. The highest BCUT2D eigenvalue weighted by Gasteiger charge is 2.08. The topological polar surface area (TPSA) is 20.2 Å². The van der Waals surface area contributed by atoms with Gasteiger partial charge in [-0.05, 0) is 28.9 Å². The lowest BCUT2D eigenvalue weighted by molar-refractivity contribution is 0.281. The molecule has 0 amide bonds. The van der Waals surface area contributed by atoms with Gasteiger partial charge in [0.15, 0.2) is 0 Å². The van der Waals surface area contributed by atoms with Gasteiger partial charge in [-0.15, -0.1) is 0 Å². The Morgan fingerprint density at radius 1 is 1.33 bits per heavy atom. The highest BCUT2D eigenvalue weighted by Crippen LogP contribution is 2.25. The molecule has 0 fully saturated rings. The highest BCUT2D eigenvalue weighted by molar-refractivity contribution is 7.98. The largest absolute Gasteiger partial charge is 0.392 e. The molecule has 64 valence electrons. The van der Waals surface area contributed by atoms with Crippen LogP contribution in [0.2, 0.25) is 0 Å². The maximum atomic E-state index is 8.93. The number of aryl methyl sites for hydroxylation is 1. The molecule has 0 unspecified atom stereocenters. The second-order valence-electron chi connectivity index (χ2n) is 3.06. The first kappa shape index (κ1) is 8.14. The molecule has 0 aromatic heterocycles. The second-order valence-corrected chi connectivity index (χ2v) is 4.17. The minimum absolute atomic E-state index is 0.165. The zero-order valence-corrected chi connectivity index (χ0v) is 7.73. The number of fused-ring (bicyclic) bond motifs is 1. The zero-order chi connectivity index (χ0) is 8.39. The first-order valence-electron chi connectivity index (χ1n) is 4.19. The molecule has 1 heterocycles. The van der Waals surface area contributed by atoms with Gasteiger partial charge in [0, 0.05) is 5.75 Å². The zero-order valence-electron chi connectivity index (χ0n) is 6.92. The van der Waals surface area contributed by atoms with Crippen molar-refractivity contribution in [2.45, 2.75) is 18.8 Å². The van der Waals surface area contributed by atoms with Crippen LogP contribution in [0.5, 0.6) is 0 Å². The fourth-order valence-corrected chi connectivity index (χ4v) is 2.52. The van der Waals surface area contributed by atoms with Crippen LogP contribution in [-0.2, 0) is 18.8 Å². The summed E-state index contributed by atoms with van der Waals surface area (Å²) in [6.45, 7) is 0.165. The molecular weight excluding hydrogens is 168 g/mol. The molecule has 0 spiro atoms. The van der Waals surface area contributed by atoms with Crippen molar-refractivity contribution in [3.05, 3.63) is 34.9 Å². The maximum absolute atomic E-state index is 8.93. The van der Waals surface area contributed by atoms with Crippen molar-refractivity contribution >= 4 is 11.8 Å². The van der Waals surface area contributed by atoms with Crippen LogP contribution in [0.1, 0.15) is 16.7 Å². The van der Waals surface area contributed by atoms with E-state index in [1.165, 1.54) is 23.3 Å². The molecule has 0 atom stereocenters. The van der Waals surface area contributed by atoms with Crippen molar-refractivity contribution in [1.29, 1.82) is 0 Å². The standard InChI is InChI=1S/C10H12OS/c11-6-8-1-2-9-3-4-12-7-10(9)5-8/h1-2,5,11H,3-4,6-7H2. The first-order valence-corrected chi connectivity index (χ1v) is 5.35. The van der Waals surface area contributed by atoms with E-state index in [9.17, 15) is 0 Å². The van der Waals surface area contributed by atoms with E-state index < -0.39 is 0 Å². The minimum atomic E-state index is 0.165. The smallest absolute Gasteiger partial charge is 0.0681 e. The average molecular weight is 180 g/mol. The summed E-state index contributed by atoms with van der Waals surface area (Å²) in [5, 5.41) is 8.93. The van der Waals surface area contributed by atoms with Crippen LogP contribution in [0.25, 0.3) is 0 Å². The van der Waals surface area contributed by atoms with Crippen molar-refractivity contribution in [3.8, 4) is 0 Å². The number of benzene rings is 1. The summed E-state index contributed by atoms with van der Waals surface area (Å²) in [7, 11) is 0. The normalized spacial score (nSPS) is 15.8. The number of rotatable bonds is 1. The Morgan fingerprint density at radius 3 is 3.08 bits per heavy atom. The van der Waals surface area contributed by atoms with Crippen LogP contribution in [0.15, 0.2) is 18.2 Å². The summed E-state index contributed by atoms with van der Waals surface area (Å²) in [5.41, 5.74) is 3.92. The van der Waals surface area contributed by atoms with Gasteiger partial charge in [-0.1, -0.05) is 18.2 Å². The quantitative estimate of drug-likeness (QED) is 0.713. The van der Waals surface area contributed by atoms with Gasteiger partial charge in [0.05, 0.1) is 6.61 Å². The Kier molecular flexibility index (Phi) is 2.38. The first-order chi connectivity index (χ1) is 5.90. The fourth-order valence-electron chi connectivity index (χ4n) is 1.52. The molecule has 12 heavy (non-hydrogen) atoms. The Morgan fingerprint density at radius 2 is 2.25 bits per heavy atom. The van der Waals surface area contributed by atoms with Crippen LogP contribution in [-0.4, -0.2) is 10.9 Å². The highest BCUT2D eigenvalue weighted by atomic mass is 32.2. The molecule has 1 nitrogen and oxygen atoms in total. The van der Waals surface area contributed by atoms with Crippen LogP contribution in [0, 0.1) is 0 Å². The molecule has 1 aromatic carbocycles. The van der Waals surface area contributed by atoms with Gasteiger partial charge in [0.2, 0.25) is 0 Å². The number of hydrogen-bond donors (Lipinski definition) is 1. The average Bonchev–Trinajstić information content (AvgIpc) is 2.17. The van der Waals surface area contributed by atoms with E-state index >= 15 is 0 Å². The van der Waals surface area contributed by atoms with Crippen LogP contribution >= 0.6 is 11.8 Å². The van der Waals surface area contributed by atoms with Crippen molar-refractivity contribution in [2.24, 2.45) is 0 Å². The minimum Gasteiger partial charge on any atom is -0.392 e. The third-order valence-corrected chi connectivity index (χ3v) is 3.23. The molecule has 0 saturated heterocycles. The molecule has 1 aromatic rings. The van der Waals surface area contributed by atoms with E-state index in [0.717, 1.165) is 11.3 Å². The van der Waals surface area contributed by atoms with E-state index in [0.29, 0.717) is 0 Å². The molecule has 0 bridgehead atoms. The Bertz CT molecular complexity index is 283. The number of thioether (sulfide) groups is 1. The summed E-state index contributed by atoms with van der Waals surface area (Å²) in [6, 6.07) is 6.30. The lowest BCUT2D eigenvalue weighted by Gasteiger charge is -2.15. The third-order valence-electron chi connectivity index (χ3n) is 2.23. The van der Waals surface area contributed by atoms with Gasteiger partial charge in [0.25, 0.3) is 0 Å². The molecule has 2 rings (SSSR count). The lowest BCUT2D eigenvalue weighted by atomic mass is 10.0. The van der Waals surface area contributed by atoms with Crippen LogP contribution < -0.4 is 0 Å². The Labute approximate surface area is 76.8 Å². The van der Waals surface area contributed by atoms with Crippen molar-refractivity contribution < 1.29 is 5.11 Å². The Balaban J connectivity index is 2.36. The number of aliphatic hydroxyl groups is 1. The fraction of sp³-hybridized carbons (Fsp3) is 0.400. The van der Waals surface area contributed by atoms with Gasteiger partial charge in [-0.2, -0.15) is 11.8 Å². The monoisotopic (exact) mass is 180 g/mol. The van der Waals surface area contributed by atoms with Crippen molar-refractivity contribution in [1.82, 2.24) is 0 Å². The molecule has 2 heteroatoms. The molecule has 0 saturated carbocycles. The molecule has 0 aliphatic carbocycles. The second kappa shape index (κ2) is 3.50. The summed E-state index contributed by atoms with van der Waals surface area (Å²) in [5.74, 6) is 2.36. The van der Waals surface area contributed by atoms with E-state index in [-0.39, 0.29) is 6.61 Å². The SMILES string of the molecule is OCc1ccc2c(c1)CSCC2. The van der Waals surface area contributed by atoms with Crippen LogP contribution in [0.3, 0.4) is 0 Å². The van der Waals surface area contributed by atoms with E-state index in [1.807, 2.05) is 17.8 Å². The van der Waals surface area contributed by atoms with E-state index in [4.69, 9.17) is 5.11 Å². The van der Waals surface area contributed by atoms with Crippen molar-refractivity contribution in [3.63, 3.8) is 0 Å². The predicted molar refractivity (Wildman–Crippen MR) is 52.2 cm³/mol. The Hall–Kier alpha value is -0.470. The van der Waals surface area contributed by atoms with Gasteiger partial charge in [0.1, 0.15) is 0 Å². The van der Waals surface area contributed by atoms with Gasteiger partial charge in [-0.3, -0.25) is 0 Å². The third kappa shape index (κ3) is 1.50.